The number of amides is 2. The third-order valence-corrected chi connectivity index (χ3v) is 6.40. The van der Waals surface area contributed by atoms with Crippen LogP contribution in [0.25, 0.3) is 6.08 Å². The van der Waals surface area contributed by atoms with Crippen LogP contribution in [0, 0.1) is 6.92 Å². The molecule has 1 heterocycles. The van der Waals surface area contributed by atoms with Crippen LogP contribution in [0.1, 0.15) is 11.1 Å². The molecule has 1 aliphatic rings. The van der Waals surface area contributed by atoms with Gasteiger partial charge in [0, 0.05) is 10.7 Å². The molecular formula is C25H19ClN2O3S2. The number of carbonyl (C=O) groups is 2. The predicted molar refractivity (Wildman–Crippen MR) is 139 cm³/mol. The summed E-state index contributed by atoms with van der Waals surface area (Å²) < 4.78 is 6.05. The Kier molecular flexibility index (Phi) is 7.13. The number of rotatable bonds is 6. The predicted octanol–water partition coefficient (Wildman–Crippen LogP) is 6.07. The number of halogens is 1. The van der Waals surface area contributed by atoms with Crippen molar-refractivity contribution in [1.29, 1.82) is 0 Å². The number of thiocarbonyl (C=S) groups is 1. The monoisotopic (exact) mass is 494 g/mol. The van der Waals surface area contributed by atoms with Crippen molar-refractivity contribution >= 4 is 69.2 Å². The van der Waals surface area contributed by atoms with Crippen LogP contribution < -0.4 is 15.0 Å². The standard InChI is InChI=1S/C25H19ClN2O3S2/c1-16-4-2-3-5-21(16)27-23(29)15-31-20-12-6-17(7-13-20)14-22-24(30)28(25(32)33-22)19-10-8-18(26)9-11-19/h2-14H,15H2,1H3,(H,27,29)/b22-14+. The third kappa shape index (κ3) is 5.63. The first-order valence-electron chi connectivity index (χ1n) is 10.0. The minimum Gasteiger partial charge on any atom is -0.484 e. The molecule has 0 aromatic heterocycles. The fraction of sp³-hybridized carbons (Fsp3) is 0.0800. The van der Waals surface area contributed by atoms with E-state index in [0.29, 0.717) is 25.7 Å². The van der Waals surface area contributed by atoms with E-state index in [-0.39, 0.29) is 18.4 Å². The van der Waals surface area contributed by atoms with E-state index in [0.717, 1.165) is 16.8 Å². The van der Waals surface area contributed by atoms with Crippen LogP contribution in [-0.4, -0.2) is 22.7 Å². The summed E-state index contributed by atoms with van der Waals surface area (Å²) in [5.74, 6) is 0.139. The number of anilines is 2. The molecule has 0 spiro atoms. The van der Waals surface area contributed by atoms with E-state index in [9.17, 15) is 9.59 Å². The summed E-state index contributed by atoms with van der Waals surface area (Å²) >= 11 is 12.6. The van der Waals surface area contributed by atoms with Gasteiger partial charge in [-0.15, -0.1) is 0 Å². The van der Waals surface area contributed by atoms with Gasteiger partial charge >= 0.3 is 0 Å². The number of hydrogen-bond acceptors (Lipinski definition) is 5. The van der Waals surface area contributed by atoms with E-state index in [2.05, 4.69) is 5.32 Å². The maximum absolute atomic E-state index is 12.9. The van der Waals surface area contributed by atoms with E-state index >= 15 is 0 Å². The molecule has 1 fully saturated rings. The Hall–Kier alpha value is -3.13. The normalized spacial score (nSPS) is 14.6. The molecule has 0 radical (unpaired) electrons. The average molecular weight is 495 g/mol. The molecule has 1 N–H and O–H groups in total. The third-order valence-electron chi connectivity index (χ3n) is 4.85. The van der Waals surface area contributed by atoms with E-state index in [1.807, 2.05) is 43.3 Å². The quantitative estimate of drug-likeness (QED) is 0.333. The Labute approximate surface area is 206 Å². The largest absolute Gasteiger partial charge is 0.484 e. The number of para-hydroxylation sites is 1. The van der Waals surface area contributed by atoms with Gasteiger partial charge in [-0.25, -0.2) is 0 Å². The van der Waals surface area contributed by atoms with Gasteiger partial charge in [0.1, 0.15) is 5.75 Å². The number of benzene rings is 3. The molecule has 1 aliphatic heterocycles. The van der Waals surface area contributed by atoms with Gasteiger partial charge in [-0.1, -0.05) is 65.9 Å². The Balaban J connectivity index is 1.37. The van der Waals surface area contributed by atoms with Crippen molar-refractivity contribution < 1.29 is 14.3 Å². The second kappa shape index (κ2) is 10.2. The van der Waals surface area contributed by atoms with E-state index in [1.54, 1.807) is 42.5 Å². The lowest BCUT2D eigenvalue weighted by Gasteiger charge is -2.14. The molecule has 2 amide bonds. The minimum absolute atomic E-state index is 0.104. The number of nitrogens with one attached hydrogen (secondary N) is 1. The van der Waals surface area contributed by atoms with Crippen LogP contribution in [0.2, 0.25) is 5.02 Å². The summed E-state index contributed by atoms with van der Waals surface area (Å²) in [5, 5.41) is 3.42. The van der Waals surface area contributed by atoms with E-state index < -0.39 is 0 Å². The number of carbonyl (C=O) groups excluding carboxylic acids is 2. The van der Waals surface area contributed by atoms with Crippen LogP contribution in [0.4, 0.5) is 11.4 Å². The molecule has 166 valence electrons. The molecule has 5 nitrogen and oxygen atoms in total. The molecule has 0 bridgehead atoms. The lowest BCUT2D eigenvalue weighted by Crippen LogP contribution is -2.27. The van der Waals surface area contributed by atoms with Crippen LogP contribution in [0.15, 0.2) is 77.7 Å². The number of ether oxygens (including phenoxy) is 1. The molecule has 3 aromatic carbocycles. The Bertz CT molecular complexity index is 1240. The summed E-state index contributed by atoms with van der Waals surface area (Å²) in [6.45, 7) is 1.83. The van der Waals surface area contributed by atoms with Crippen LogP contribution in [0.3, 0.4) is 0 Å². The molecule has 0 aliphatic carbocycles. The van der Waals surface area contributed by atoms with Gasteiger partial charge in [0.2, 0.25) is 0 Å². The molecule has 3 aromatic rings. The zero-order valence-corrected chi connectivity index (χ0v) is 20.0. The van der Waals surface area contributed by atoms with Crippen molar-refractivity contribution in [2.45, 2.75) is 6.92 Å². The molecular weight excluding hydrogens is 476 g/mol. The van der Waals surface area contributed by atoms with Crippen molar-refractivity contribution in [3.8, 4) is 5.75 Å². The van der Waals surface area contributed by atoms with Gasteiger partial charge < -0.3 is 10.1 Å². The first kappa shape index (κ1) is 23.0. The van der Waals surface area contributed by atoms with Gasteiger partial charge in [0.05, 0.1) is 10.6 Å². The van der Waals surface area contributed by atoms with Crippen molar-refractivity contribution in [3.63, 3.8) is 0 Å². The van der Waals surface area contributed by atoms with Gasteiger partial charge in [-0.05, 0) is 66.6 Å². The lowest BCUT2D eigenvalue weighted by atomic mass is 10.2. The van der Waals surface area contributed by atoms with Crippen LogP contribution in [0.5, 0.6) is 5.75 Å². The molecule has 1 saturated heterocycles. The highest BCUT2D eigenvalue weighted by Gasteiger charge is 2.33. The van der Waals surface area contributed by atoms with Crippen LogP contribution in [-0.2, 0) is 9.59 Å². The van der Waals surface area contributed by atoms with Gasteiger partial charge in [0.25, 0.3) is 11.8 Å². The second-order valence-electron chi connectivity index (χ2n) is 7.21. The summed E-state index contributed by atoms with van der Waals surface area (Å²) in [4.78, 5) is 27.1. The molecule has 0 atom stereocenters. The number of nitrogens with zero attached hydrogens (tertiary/aromatic N) is 1. The summed E-state index contributed by atoms with van der Waals surface area (Å²) in [6, 6.07) is 21.7. The van der Waals surface area contributed by atoms with E-state index in [1.165, 1.54) is 16.7 Å². The summed E-state index contributed by atoms with van der Waals surface area (Å²) in [7, 11) is 0. The fourth-order valence-electron chi connectivity index (χ4n) is 3.14. The second-order valence-corrected chi connectivity index (χ2v) is 9.33. The summed E-state index contributed by atoms with van der Waals surface area (Å²) in [6.07, 6.45) is 1.78. The molecule has 8 heteroatoms. The van der Waals surface area contributed by atoms with E-state index in [4.69, 9.17) is 28.6 Å². The highest BCUT2D eigenvalue weighted by molar-refractivity contribution is 8.27. The highest BCUT2D eigenvalue weighted by atomic mass is 35.5. The molecule has 33 heavy (non-hydrogen) atoms. The number of aryl methyl sites for hydroxylation is 1. The van der Waals surface area contributed by atoms with Gasteiger partial charge in [-0.3, -0.25) is 14.5 Å². The smallest absolute Gasteiger partial charge is 0.270 e. The Morgan fingerprint density at radius 3 is 2.48 bits per heavy atom. The SMILES string of the molecule is Cc1ccccc1NC(=O)COc1ccc(/C=C2/SC(=S)N(c3ccc(Cl)cc3)C2=O)cc1. The molecule has 4 rings (SSSR count). The number of thioether (sulfide) groups is 1. The maximum Gasteiger partial charge on any atom is 0.270 e. The zero-order chi connectivity index (χ0) is 23.4. The highest BCUT2D eigenvalue weighted by Crippen LogP contribution is 2.36. The van der Waals surface area contributed by atoms with Crippen molar-refractivity contribution in [1.82, 2.24) is 0 Å². The van der Waals surface area contributed by atoms with Gasteiger partial charge in [0.15, 0.2) is 10.9 Å². The Morgan fingerprint density at radius 1 is 1.09 bits per heavy atom. The first-order valence-corrected chi connectivity index (χ1v) is 11.6. The van der Waals surface area contributed by atoms with Crippen molar-refractivity contribution in [2.75, 3.05) is 16.8 Å². The fourth-order valence-corrected chi connectivity index (χ4v) is 4.57. The molecule has 0 saturated carbocycles. The average Bonchev–Trinajstić information content (AvgIpc) is 3.08. The topological polar surface area (TPSA) is 58.6 Å². The number of hydrogen-bond donors (Lipinski definition) is 1. The van der Waals surface area contributed by atoms with Crippen molar-refractivity contribution in [2.24, 2.45) is 0 Å². The molecule has 0 unspecified atom stereocenters. The maximum atomic E-state index is 12.9. The first-order chi connectivity index (χ1) is 15.9. The zero-order valence-electron chi connectivity index (χ0n) is 17.6. The van der Waals surface area contributed by atoms with Crippen molar-refractivity contribution in [3.05, 3.63) is 93.9 Å². The summed E-state index contributed by atoms with van der Waals surface area (Å²) in [5.41, 5.74) is 3.25. The lowest BCUT2D eigenvalue weighted by molar-refractivity contribution is -0.118. The van der Waals surface area contributed by atoms with Gasteiger partial charge in [-0.2, -0.15) is 0 Å². The Morgan fingerprint density at radius 2 is 1.79 bits per heavy atom. The van der Waals surface area contributed by atoms with Crippen LogP contribution >= 0.6 is 35.6 Å². The minimum atomic E-state index is -0.237.